The van der Waals surface area contributed by atoms with Gasteiger partial charge in [0.2, 0.25) is 0 Å². The van der Waals surface area contributed by atoms with Crippen molar-refractivity contribution >= 4 is 11.8 Å². The van der Waals surface area contributed by atoms with Crippen LogP contribution in [0.2, 0.25) is 0 Å². The molecule has 4 rings (SSSR count). The van der Waals surface area contributed by atoms with Crippen molar-refractivity contribution < 1.29 is 23.5 Å². The van der Waals surface area contributed by atoms with Crippen LogP contribution < -0.4 is 10.6 Å². The molecule has 10 heteroatoms. The van der Waals surface area contributed by atoms with E-state index in [0.717, 1.165) is 43.7 Å². The molecule has 8 nitrogen and oxygen atoms in total. The Labute approximate surface area is 246 Å². The average Bonchev–Trinajstić information content (AvgIpc) is 3.42. The molecular formula is C32H41F2N5O3. The molecule has 1 unspecified atom stereocenters. The van der Waals surface area contributed by atoms with E-state index in [1.54, 1.807) is 10.7 Å². The zero-order valence-corrected chi connectivity index (χ0v) is 24.4. The van der Waals surface area contributed by atoms with E-state index in [2.05, 4.69) is 22.7 Å². The average molecular weight is 582 g/mol. The second-order valence-electron chi connectivity index (χ2n) is 10.9. The third-order valence-electron chi connectivity index (χ3n) is 7.73. The number of piperidine rings is 1. The minimum atomic E-state index is -1.02. The SMILES string of the molecule is CCCC1CCCCN1C(=O)c1cc(C(=O)N[C@@H](Cc2ccccc2)[C@H](O)CNCc2cc(F)cc(F)c2)nn1CC. The van der Waals surface area contributed by atoms with Crippen molar-refractivity contribution in [1.82, 2.24) is 25.3 Å². The fourth-order valence-corrected chi connectivity index (χ4v) is 5.60. The van der Waals surface area contributed by atoms with Gasteiger partial charge in [-0.15, -0.1) is 0 Å². The second-order valence-corrected chi connectivity index (χ2v) is 10.9. The third-order valence-corrected chi connectivity index (χ3v) is 7.73. The van der Waals surface area contributed by atoms with Crippen LogP contribution in [0.1, 0.15) is 78.1 Å². The highest BCUT2D eigenvalue weighted by atomic mass is 19.1. The lowest BCUT2D eigenvalue weighted by molar-refractivity contribution is 0.0588. The Hall–Kier alpha value is -3.63. The highest BCUT2D eigenvalue weighted by Gasteiger charge is 2.31. The summed E-state index contributed by atoms with van der Waals surface area (Å²) in [6.45, 7) is 5.33. The van der Waals surface area contributed by atoms with Crippen LogP contribution in [0, 0.1) is 11.6 Å². The Kier molecular flexibility index (Phi) is 11.2. The predicted molar refractivity (Wildman–Crippen MR) is 157 cm³/mol. The Morgan fingerprint density at radius 1 is 1.05 bits per heavy atom. The number of carbonyl (C=O) groups is 2. The summed E-state index contributed by atoms with van der Waals surface area (Å²) in [5.74, 6) is -1.95. The summed E-state index contributed by atoms with van der Waals surface area (Å²) >= 11 is 0. The standard InChI is InChI=1S/C32H41F2N5O3/c1-3-10-26-13-8-9-14-38(26)32(42)29-19-28(37-39(29)4-2)31(41)36-27(17-22-11-6-5-7-12-22)30(40)21-35-20-23-15-24(33)18-25(34)16-23/h5-7,11-12,15-16,18-19,26-27,30,35,40H,3-4,8-10,13-14,17,20-21H2,1-2H3,(H,36,41)/t26?,27-,30+/m0/s1. The lowest BCUT2D eigenvalue weighted by Gasteiger charge is -2.35. The largest absolute Gasteiger partial charge is 0.390 e. The Balaban J connectivity index is 1.48. The summed E-state index contributed by atoms with van der Waals surface area (Å²) in [5, 5.41) is 21.5. The first-order valence-electron chi connectivity index (χ1n) is 14.9. The van der Waals surface area contributed by atoms with Crippen molar-refractivity contribution in [3.8, 4) is 0 Å². The molecule has 2 heterocycles. The number of hydrogen-bond donors (Lipinski definition) is 3. The van der Waals surface area contributed by atoms with Gasteiger partial charge in [-0.05, 0) is 62.3 Å². The van der Waals surface area contributed by atoms with Crippen molar-refractivity contribution in [2.45, 2.75) is 83.6 Å². The van der Waals surface area contributed by atoms with Crippen LogP contribution >= 0.6 is 0 Å². The van der Waals surface area contributed by atoms with Gasteiger partial charge in [0.05, 0.1) is 12.1 Å². The number of aryl methyl sites for hydroxylation is 1. The number of carbonyl (C=O) groups excluding carboxylic acids is 2. The van der Waals surface area contributed by atoms with E-state index in [9.17, 15) is 23.5 Å². The zero-order chi connectivity index (χ0) is 30.1. The number of rotatable bonds is 13. The fourth-order valence-electron chi connectivity index (χ4n) is 5.60. The molecule has 0 radical (unpaired) electrons. The number of halogens is 2. The molecule has 3 N–H and O–H groups in total. The summed E-state index contributed by atoms with van der Waals surface area (Å²) in [7, 11) is 0. The maximum Gasteiger partial charge on any atom is 0.272 e. The number of hydrogen-bond acceptors (Lipinski definition) is 5. The first-order valence-corrected chi connectivity index (χ1v) is 14.9. The van der Waals surface area contributed by atoms with Gasteiger partial charge < -0.3 is 20.6 Å². The number of amides is 2. The quantitative estimate of drug-likeness (QED) is 0.277. The molecule has 1 aliphatic heterocycles. The van der Waals surface area contributed by atoms with Gasteiger partial charge in [0.1, 0.15) is 17.3 Å². The van der Waals surface area contributed by atoms with E-state index >= 15 is 0 Å². The number of benzene rings is 2. The lowest BCUT2D eigenvalue weighted by atomic mass is 9.98. The number of aromatic nitrogens is 2. The summed E-state index contributed by atoms with van der Waals surface area (Å²) in [5.41, 5.74) is 1.81. The third kappa shape index (κ3) is 8.23. The highest BCUT2D eigenvalue weighted by molar-refractivity contribution is 5.98. The Morgan fingerprint density at radius 2 is 1.79 bits per heavy atom. The van der Waals surface area contributed by atoms with E-state index in [1.807, 2.05) is 42.2 Å². The normalized spacial score (nSPS) is 16.7. The molecule has 42 heavy (non-hydrogen) atoms. The molecule has 1 fully saturated rings. The van der Waals surface area contributed by atoms with Crippen LogP contribution in [-0.2, 0) is 19.5 Å². The van der Waals surface area contributed by atoms with Crippen molar-refractivity contribution in [3.63, 3.8) is 0 Å². The van der Waals surface area contributed by atoms with Gasteiger partial charge in [-0.3, -0.25) is 14.3 Å². The summed E-state index contributed by atoms with van der Waals surface area (Å²) < 4.78 is 28.7. The van der Waals surface area contributed by atoms with Crippen molar-refractivity contribution in [1.29, 1.82) is 0 Å². The van der Waals surface area contributed by atoms with E-state index < -0.39 is 29.7 Å². The van der Waals surface area contributed by atoms with E-state index in [1.165, 1.54) is 12.1 Å². The van der Waals surface area contributed by atoms with Crippen molar-refractivity contribution in [2.75, 3.05) is 13.1 Å². The fraction of sp³-hybridized carbons (Fsp3) is 0.469. The van der Waals surface area contributed by atoms with E-state index in [4.69, 9.17) is 0 Å². The van der Waals surface area contributed by atoms with Crippen LogP contribution in [-0.4, -0.2) is 62.9 Å². The zero-order valence-electron chi connectivity index (χ0n) is 24.4. The number of nitrogens with one attached hydrogen (secondary N) is 2. The number of aliphatic hydroxyl groups excluding tert-OH is 1. The van der Waals surface area contributed by atoms with Crippen molar-refractivity contribution in [2.24, 2.45) is 0 Å². The minimum absolute atomic E-state index is 0.0663. The van der Waals surface area contributed by atoms with Gasteiger partial charge in [0.15, 0.2) is 5.69 Å². The van der Waals surface area contributed by atoms with Crippen LogP contribution in [0.5, 0.6) is 0 Å². The molecule has 3 aromatic rings. The van der Waals surface area contributed by atoms with Crippen molar-refractivity contribution in [3.05, 3.63) is 88.7 Å². The molecule has 0 aliphatic carbocycles. The Morgan fingerprint density at radius 3 is 2.48 bits per heavy atom. The smallest absolute Gasteiger partial charge is 0.272 e. The Bertz CT molecular complexity index is 1310. The maximum absolute atomic E-state index is 13.6. The molecule has 1 aromatic heterocycles. The topological polar surface area (TPSA) is 99.5 Å². The maximum atomic E-state index is 13.6. The molecule has 2 amide bonds. The molecule has 1 saturated heterocycles. The van der Waals surface area contributed by atoms with E-state index in [-0.39, 0.29) is 30.7 Å². The van der Waals surface area contributed by atoms with Gasteiger partial charge in [0, 0.05) is 44.4 Å². The number of nitrogens with zero attached hydrogens (tertiary/aromatic N) is 3. The summed E-state index contributed by atoms with van der Waals surface area (Å²) in [6, 6.07) is 13.7. The number of aliphatic hydroxyl groups is 1. The highest BCUT2D eigenvalue weighted by Crippen LogP contribution is 2.23. The molecule has 3 atom stereocenters. The van der Waals surface area contributed by atoms with E-state index in [0.29, 0.717) is 30.8 Å². The second kappa shape index (κ2) is 15.0. The van der Waals surface area contributed by atoms with Gasteiger partial charge >= 0.3 is 0 Å². The van der Waals surface area contributed by atoms with Gasteiger partial charge in [-0.25, -0.2) is 8.78 Å². The first-order chi connectivity index (χ1) is 20.3. The first kappa shape index (κ1) is 31.3. The predicted octanol–water partition coefficient (Wildman–Crippen LogP) is 4.47. The molecule has 226 valence electrons. The summed E-state index contributed by atoms with van der Waals surface area (Å²) in [6.07, 6.45) is 4.31. The summed E-state index contributed by atoms with van der Waals surface area (Å²) in [4.78, 5) is 29.0. The van der Waals surface area contributed by atoms with Crippen LogP contribution in [0.4, 0.5) is 8.78 Å². The molecule has 0 saturated carbocycles. The van der Waals surface area contributed by atoms with Gasteiger partial charge in [0.25, 0.3) is 11.8 Å². The molecule has 0 bridgehead atoms. The molecule has 2 aromatic carbocycles. The van der Waals surface area contributed by atoms with Crippen LogP contribution in [0.25, 0.3) is 0 Å². The molecular weight excluding hydrogens is 540 g/mol. The minimum Gasteiger partial charge on any atom is -0.390 e. The van der Waals surface area contributed by atoms with Crippen LogP contribution in [0.3, 0.4) is 0 Å². The lowest BCUT2D eigenvalue weighted by Crippen LogP contribution is -2.48. The monoisotopic (exact) mass is 581 g/mol. The molecule has 1 aliphatic rings. The number of likely N-dealkylation sites (tertiary alicyclic amines) is 1. The molecule has 0 spiro atoms. The van der Waals surface area contributed by atoms with Gasteiger partial charge in [-0.1, -0.05) is 43.7 Å². The van der Waals surface area contributed by atoms with Crippen LogP contribution in [0.15, 0.2) is 54.6 Å². The van der Waals surface area contributed by atoms with Gasteiger partial charge in [-0.2, -0.15) is 5.10 Å².